The minimum Gasteiger partial charge on any atom is -0.507 e. The number of benzene rings is 2. The maximum absolute atomic E-state index is 14.3. The largest absolute Gasteiger partial charge is 0.507 e. The van der Waals surface area contributed by atoms with E-state index in [2.05, 4.69) is 24.7 Å². The summed E-state index contributed by atoms with van der Waals surface area (Å²) in [6.07, 6.45) is 7.40. The van der Waals surface area contributed by atoms with Crippen LogP contribution >= 0.6 is 7.52 Å². The van der Waals surface area contributed by atoms with Crippen LogP contribution in [0.2, 0.25) is 0 Å². The standard InChI is InChI=1S/C34H46NO7P/c1-7-9-11-16-27-20-30(36)32(29-19-24(5)17-18-28(29)23(3)4)31(21-27)42-43(39,34(38)40-8-2)35-25(6)33(37)41-22-26-14-12-10-13-15-26/h10,12-15,19-21,25,28-29,36H,3,7-9,11,16-18,22H2,1-2,4-6H3,(H,35,39). The smallest absolute Gasteiger partial charge is 0.424 e. The van der Waals surface area contributed by atoms with Gasteiger partial charge in [-0.25, -0.2) is 14.4 Å². The molecule has 0 aromatic heterocycles. The Kier molecular flexibility index (Phi) is 12.6. The second kappa shape index (κ2) is 15.9. The summed E-state index contributed by atoms with van der Waals surface area (Å²) in [7, 11) is -4.53. The Morgan fingerprint density at radius 3 is 2.49 bits per heavy atom. The van der Waals surface area contributed by atoms with E-state index in [1.165, 1.54) is 6.92 Å². The number of esters is 1. The molecule has 0 aliphatic heterocycles. The normalized spacial score (nSPS) is 18.6. The molecule has 0 fully saturated rings. The molecule has 1 aliphatic rings. The third-order valence-corrected chi connectivity index (χ3v) is 9.43. The fourth-order valence-electron chi connectivity index (χ4n) is 5.33. The highest BCUT2D eigenvalue weighted by atomic mass is 31.2. The second-order valence-electron chi connectivity index (χ2n) is 11.3. The van der Waals surface area contributed by atoms with Gasteiger partial charge in [0, 0.05) is 11.5 Å². The maximum Gasteiger partial charge on any atom is 0.424 e. The molecular formula is C34H46NO7P. The molecule has 1 aliphatic carbocycles. The predicted molar refractivity (Wildman–Crippen MR) is 169 cm³/mol. The fourth-order valence-corrected chi connectivity index (χ4v) is 6.91. The van der Waals surface area contributed by atoms with Gasteiger partial charge in [0.15, 0.2) is 0 Å². The first-order chi connectivity index (χ1) is 20.5. The number of ether oxygens (including phenoxy) is 2. The van der Waals surface area contributed by atoms with Gasteiger partial charge in [0.2, 0.25) is 0 Å². The number of carbonyl (C=O) groups excluding carboxylic acids is 2. The van der Waals surface area contributed by atoms with Crippen LogP contribution in [0.15, 0.2) is 66.3 Å². The third kappa shape index (κ3) is 9.32. The van der Waals surface area contributed by atoms with Crippen molar-refractivity contribution >= 4 is 19.2 Å². The van der Waals surface area contributed by atoms with Crippen LogP contribution in [0.1, 0.15) is 89.3 Å². The number of aryl methyl sites for hydroxylation is 1. The molecule has 2 aromatic rings. The molecule has 43 heavy (non-hydrogen) atoms. The summed E-state index contributed by atoms with van der Waals surface area (Å²) in [6, 6.07) is 11.5. The lowest BCUT2D eigenvalue weighted by Crippen LogP contribution is -2.36. The van der Waals surface area contributed by atoms with Crippen molar-refractivity contribution in [2.75, 3.05) is 6.61 Å². The van der Waals surface area contributed by atoms with Gasteiger partial charge in [0.05, 0.1) is 6.61 Å². The minimum absolute atomic E-state index is 0.00285. The lowest BCUT2D eigenvalue weighted by atomic mass is 9.73. The molecule has 2 aromatic carbocycles. The van der Waals surface area contributed by atoms with Crippen molar-refractivity contribution in [1.82, 2.24) is 5.09 Å². The molecular weight excluding hydrogens is 565 g/mol. The molecule has 234 valence electrons. The Balaban J connectivity index is 2.01. The average molecular weight is 612 g/mol. The highest BCUT2D eigenvalue weighted by molar-refractivity contribution is 7.74. The molecule has 0 spiro atoms. The first-order valence-corrected chi connectivity index (χ1v) is 16.7. The molecule has 0 radical (unpaired) electrons. The van der Waals surface area contributed by atoms with E-state index in [9.17, 15) is 19.3 Å². The van der Waals surface area contributed by atoms with Crippen LogP contribution in [0.3, 0.4) is 0 Å². The predicted octanol–water partition coefficient (Wildman–Crippen LogP) is 8.59. The van der Waals surface area contributed by atoms with Crippen LogP contribution in [0.5, 0.6) is 11.5 Å². The van der Waals surface area contributed by atoms with Crippen LogP contribution in [-0.2, 0) is 31.9 Å². The first kappa shape index (κ1) is 34.1. The van der Waals surface area contributed by atoms with Gasteiger partial charge in [-0.15, -0.1) is 0 Å². The first-order valence-electron chi connectivity index (χ1n) is 15.1. The van der Waals surface area contributed by atoms with Crippen molar-refractivity contribution in [3.63, 3.8) is 0 Å². The van der Waals surface area contributed by atoms with Gasteiger partial charge >= 0.3 is 19.2 Å². The maximum atomic E-state index is 14.3. The molecule has 0 saturated carbocycles. The summed E-state index contributed by atoms with van der Waals surface area (Å²) in [5.74, 6) is -0.902. The highest BCUT2D eigenvalue weighted by Crippen LogP contribution is 2.52. The number of hydrogen-bond acceptors (Lipinski definition) is 7. The number of phenols is 1. The fraction of sp³-hybridized carbons (Fsp3) is 0.471. The van der Waals surface area contributed by atoms with E-state index in [1.807, 2.05) is 44.2 Å². The zero-order chi connectivity index (χ0) is 31.6. The van der Waals surface area contributed by atoms with E-state index in [0.717, 1.165) is 54.4 Å². The van der Waals surface area contributed by atoms with Gasteiger partial charge < -0.3 is 19.1 Å². The Hall–Kier alpha value is -3.35. The van der Waals surface area contributed by atoms with Crippen molar-refractivity contribution in [2.45, 2.75) is 91.7 Å². The van der Waals surface area contributed by atoms with Crippen molar-refractivity contribution in [3.8, 4) is 11.5 Å². The zero-order valence-electron chi connectivity index (χ0n) is 26.1. The van der Waals surface area contributed by atoms with Crippen LogP contribution in [0.25, 0.3) is 0 Å². The Labute approximate surface area is 256 Å². The summed E-state index contributed by atoms with van der Waals surface area (Å²) < 4.78 is 31.0. The molecule has 0 saturated heterocycles. The molecule has 4 atom stereocenters. The number of carbonyl (C=O) groups is 2. The van der Waals surface area contributed by atoms with Crippen LogP contribution in [0.4, 0.5) is 4.79 Å². The van der Waals surface area contributed by atoms with E-state index >= 15 is 0 Å². The van der Waals surface area contributed by atoms with Gasteiger partial charge in [-0.05, 0) is 82.6 Å². The van der Waals surface area contributed by atoms with Crippen LogP contribution in [0, 0.1) is 5.92 Å². The van der Waals surface area contributed by atoms with E-state index < -0.39 is 25.2 Å². The average Bonchev–Trinajstić information content (AvgIpc) is 2.96. The number of hydrogen-bond donors (Lipinski definition) is 2. The number of allylic oxidation sites excluding steroid dienone is 3. The summed E-state index contributed by atoms with van der Waals surface area (Å²) in [5, 5.41) is 14.0. The number of nitrogens with one attached hydrogen (secondary N) is 1. The van der Waals surface area contributed by atoms with Gasteiger partial charge in [0.1, 0.15) is 24.1 Å². The number of aromatic hydroxyl groups is 1. The summed E-state index contributed by atoms with van der Waals surface area (Å²) in [6.45, 7) is 13.3. The van der Waals surface area contributed by atoms with Crippen molar-refractivity contribution in [3.05, 3.63) is 83.0 Å². The quantitative estimate of drug-likeness (QED) is 0.0892. The molecule has 4 unspecified atom stereocenters. The number of phenolic OH excluding ortho intramolecular Hbond substituents is 1. The monoisotopic (exact) mass is 611 g/mol. The third-order valence-electron chi connectivity index (χ3n) is 7.64. The van der Waals surface area contributed by atoms with E-state index in [-0.39, 0.29) is 36.5 Å². The molecule has 9 heteroatoms. The zero-order valence-corrected chi connectivity index (χ0v) is 27.0. The van der Waals surface area contributed by atoms with Gasteiger partial charge in [-0.3, -0.25) is 4.79 Å². The lowest BCUT2D eigenvalue weighted by molar-refractivity contribution is -0.146. The second-order valence-corrected chi connectivity index (χ2v) is 13.2. The Bertz CT molecular complexity index is 1350. The summed E-state index contributed by atoms with van der Waals surface area (Å²) >= 11 is 0. The molecule has 0 heterocycles. The highest BCUT2D eigenvalue weighted by Gasteiger charge is 2.42. The van der Waals surface area contributed by atoms with Gasteiger partial charge in [-0.1, -0.05) is 73.9 Å². The molecule has 2 N–H and O–H groups in total. The van der Waals surface area contributed by atoms with Gasteiger partial charge in [0.25, 0.3) is 0 Å². The van der Waals surface area contributed by atoms with E-state index in [0.29, 0.717) is 12.0 Å². The molecule has 0 bridgehead atoms. The van der Waals surface area contributed by atoms with Crippen molar-refractivity contribution in [1.29, 1.82) is 0 Å². The van der Waals surface area contributed by atoms with Crippen molar-refractivity contribution in [2.24, 2.45) is 5.92 Å². The minimum atomic E-state index is -4.53. The molecule has 0 amide bonds. The summed E-state index contributed by atoms with van der Waals surface area (Å²) in [4.78, 5) is 26.1. The van der Waals surface area contributed by atoms with Crippen molar-refractivity contribution < 1.29 is 33.3 Å². The Morgan fingerprint density at radius 1 is 1.12 bits per heavy atom. The van der Waals surface area contributed by atoms with Crippen LogP contribution < -0.4 is 9.61 Å². The molecule has 8 nitrogen and oxygen atoms in total. The number of unbranched alkanes of at least 4 members (excludes halogenated alkanes) is 2. The SMILES string of the molecule is C=C(C)C1CCC(C)=CC1c1c(O)cc(CCCCC)cc1OP(=O)(NC(C)C(=O)OCc1ccccc1)C(=O)OCC. The number of rotatable bonds is 15. The van der Waals surface area contributed by atoms with E-state index in [4.69, 9.17) is 14.0 Å². The van der Waals surface area contributed by atoms with E-state index in [1.54, 1.807) is 19.1 Å². The molecule has 3 rings (SSSR count). The summed E-state index contributed by atoms with van der Waals surface area (Å²) in [5.41, 5.74) is 2.99. The Morgan fingerprint density at radius 2 is 1.84 bits per heavy atom. The van der Waals surface area contributed by atoms with Crippen LogP contribution in [-0.4, -0.2) is 29.4 Å². The van der Waals surface area contributed by atoms with Gasteiger partial charge in [-0.2, -0.15) is 0 Å². The lowest BCUT2D eigenvalue weighted by Gasteiger charge is -2.33. The topological polar surface area (TPSA) is 111 Å².